The SMILES string of the molecule is CCCNC(=O)CCNC(=O)CCOc1cccc(N)c1. The number of amides is 2. The molecule has 21 heavy (non-hydrogen) atoms. The first-order chi connectivity index (χ1) is 10.1. The first-order valence-corrected chi connectivity index (χ1v) is 7.13. The van der Waals surface area contributed by atoms with Gasteiger partial charge in [0, 0.05) is 31.3 Å². The van der Waals surface area contributed by atoms with Crippen molar-refractivity contribution in [1.29, 1.82) is 0 Å². The third-order valence-electron chi connectivity index (χ3n) is 2.70. The number of carbonyl (C=O) groups excluding carboxylic acids is 2. The van der Waals surface area contributed by atoms with Gasteiger partial charge >= 0.3 is 0 Å². The molecular formula is C15H23N3O3. The van der Waals surface area contributed by atoms with Crippen molar-refractivity contribution in [3.63, 3.8) is 0 Å². The lowest BCUT2D eigenvalue weighted by Crippen LogP contribution is -2.31. The molecule has 116 valence electrons. The van der Waals surface area contributed by atoms with E-state index in [-0.39, 0.29) is 24.8 Å². The molecule has 0 fully saturated rings. The van der Waals surface area contributed by atoms with Crippen LogP contribution in [0.3, 0.4) is 0 Å². The lowest BCUT2D eigenvalue weighted by Gasteiger charge is -2.08. The second kappa shape index (κ2) is 9.63. The Labute approximate surface area is 125 Å². The van der Waals surface area contributed by atoms with Crippen molar-refractivity contribution >= 4 is 17.5 Å². The zero-order valence-electron chi connectivity index (χ0n) is 12.4. The van der Waals surface area contributed by atoms with Crippen LogP contribution >= 0.6 is 0 Å². The summed E-state index contributed by atoms with van der Waals surface area (Å²) in [6.07, 6.45) is 1.44. The lowest BCUT2D eigenvalue weighted by atomic mass is 10.3. The van der Waals surface area contributed by atoms with E-state index in [4.69, 9.17) is 10.5 Å². The predicted octanol–water partition coefficient (Wildman–Crippen LogP) is 1.07. The molecule has 0 spiro atoms. The topological polar surface area (TPSA) is 93.5 Å². The molecule has 0 saturated carbocycles. The number of ether oxygens (including phenoxy) is 1. The molecule has 0 heterocycles. The fraction of sp³-hybridized carbons (Fsp3) is 0.467. The van der Waals surface area contributed by atoms with Gasteiger partial charge in [-0.25, -0.2) is 0 Å². The van der Waals surface area contributed by atoms with Crippen molar-refractivity contribution in [2.24, 2.45) is 0 Å². The first-order valence-electron chi connectivity index (χ1n) is 7.13. The molecule has 0 aliphatic carbocycles. The van der Waals surface area contributed by atoms with E-state index in [2.05, 4.69) is 10.6 Å². The number of nitrogens with one attached hydrogen (secondary N) is 2. The maximum Gasteiger partial charge on any atom is 0.223 e. The van der Waals surface area contributed by atoms with Gasteiger partial charge in [-0.05, 0) is 18.6 Å². The summed E-state index contributed by atoms with van der Waals surface area (Å²) in [4.78, 5) is 22.9. The molecule has 0 radical (unpaired) electrons. The number of anilines is 1. The second-order valence-corrected chi connectivity index (χ2v) is 4.62. The maximum absolute atomic E-state index is 11.5. The highest BCUT2D eigenvalue weighted by molar-refractivity contribution is 5.78. The van der Waals surface area contributed by atoms with Crippen molar-refractivity contribution in [1.82, 2.24) is 10.6 Å². The molecule has 0 aliphatic heterocycles. The van der Waals surface area contributed by atoms with Crippen LogP contribution in [0.2, 0.25) is 0 Å². The molecule has 0 saturated heterocycles. The Morgan fingerprint density at radius 1 is 1.14 bits per heavy atom. The molecule has 0 aromatic heterocycles. The number of nitrogen functional groups attached to an aromatic ring is 1. The number of benzene rings is 1. The molecule has 2 amide bonds. The van der Waals surface area contributed by atoms with E-state index in [1.807, 2.05) is 6.92 Å². The van der Waals surface area contributed by atoms with Crippen LogP contribution in [-0.4, -0.2) is 31.5 Å². The van der Waals surface area contributed by atoms with Crippen LogP contribution < -0.4 is 21.1 Å². The highest BCUT2D eigenvalue weighted by atomic mass is 16.5. The molecule has 0 atom stereocenters. The van der Waals surface area contributed by atoms with Gasteiger partial charge in [-0.3, -0.25) is 9.59 Å². The Morgan fingerprint density at radius 2 is 1.86 bits per heavy atom. The lowest BCUT2D eigenvalue weighted by molar-refractivity contribution is -0.122. The zero-order chi connectivity index (χ0) is 15.5. The second-order valence-electron chi connectivity index (χ2n) is 4.62. The zero-order valence-corrected chi connectivity index (χ0v) is 12.4. The van der Waals surface area contributed by atoms with Gasteiger partial charge in [0.15, 0.2) is 0 Å². The van der Waals surface area contributed by atoms with Gasteiger partial charge in [-0.2, -0.15) is 0 Å². The Bertz CT molecular complexity index is 463. The number of carbonyl (C=O) groups is 2. The van der Waals surface area contributed by atoms with Crippen LogP contribution in [-0.2, 0) is 9.59 Å². The van der Waals surface area contributed by atoms with Crippen molar-refractivity contribution in [3.8, 4) is 5.75 Å². The van der Waals surface area contributed by atoms with Crippen LogP contribution in [0.4, 0.5) is 5.69 Å². The van der Waals surface area contributed by atoms with Crippen molar-refractivity contribution in [2.75, 3.05) is 25.4 Å². The number of hydrogen-bond donors (Lipinski definition) is 3. The molecule has 1 rings (SSSR count). The molecule has 1 aromatic carbocycles. The first kappa shape index (κ1) is 16.8. The van der Waals surface area contributed by atoms with Crippen LogP contribution in [0.1, 0.15) is 26.2 Å². The predicted molar refractivity (Wildman–Crippen MR) is 81.9 cm³/mol. The fourth-order valence-electron chi connectivity index (χ4n) is 1.62. The highest BCUT2D eigenvalue weighted by Gasteiger charge is 2.04. The quantitative estimate of drug-likeness (QED) is 0.594. The number of rotatable bonds is 9. The largest absolute Gasteiger partial charge is 0.493 e. The van der Waals surface area contributed by atoms with Gasteiger partial charge < -0.3 is 21.1 Å². The van der Waals surface area contributed by atoms with Gasteiger partial charge in [-0.1, -0.05) is 13.0 Å². The normalized spacial score (nSPS) is 9.95. The van der Waals surface area contributed by atoms with Crippen LogP contribution in [0.25, 0.3) is 0 Å². The van der Waals surface area contributed by atoms with E-state index in [9.17, 15) is 9.59 Å². The molecule has 6 nitrogen and oxygen atoms in total. The van der Waals surface area contributed by atoms with Gasteiger partial charge in [-0.15, -0.1) is 0 Å². The summed E-state index contributed by atoms with van der Waals surface area (Å²) < 4.78 is 5.42. The highest BCUT2D eigenvalue weighted by Crippen LogP contribution is 2.14. The maximum atomic E-state index is 11.5. The summed E-state index contributed by atoms with van der Waals surface area (Å²) in [5, 5.41) is 5.43. The summed E-state index contributed by atoms with van der Waals surface area (Å²) >= 11 is 0. The standard InChI is InChI=1S/C15H23N3O3/c1-2-8-17-14(19)6-9-18-15(20)7-10-21-13-5-3-4-12(16)11-13/h3-5,11H,2,6-10,16H2,1H3,(H,17,19)(H,18,20). The van der Waals surface area contributed by atoms with Gasteiger partial charge in [0.05, 0.1) is 13.0 Å². The van der Waals surface area contributed by atoms with Crippen molar-refractivity contribution in [3.05, 3.63) is 24.3 Å². The summed E-state index contributed by atoms with van der Waals surface area (Å²) in [7, 11) is 0. The Morgan fingerprint density at radius 3 is 2.57 bits per heavy atom. The Balaban J connectivity index is 2.10. The van der Waals surface area contributed by atoms with Crippen LogP contribution in [0, 0.1) is 0 Å². The molecule has 1 aromatic rings. The Kier molecular flexibility index (Phi) is 7.71. The third kappa shape index (κ3) is 7.81. The molecule has 0 unspecified atom stereocenters. The monoisotopic (exact) mass is 293 g/mol. The molecular weight excluding hydrogens is 270 g/mol. The molecule has 4 N–H and O–H groups in total. The smallest absolute Gasteiger partial charge is 0.223 e. The van der Waals surface area contributed by atoms with E-state index >= 15 is 0 Å². The summed E-state index contributed by atoms with van der Waals surface area (Å²) in [6, 6.07) is 7.05. The van der Waals surface area contributed by atoms with E-state index in [1.165, 1.54) is 0 Å². The average molecular weight is 293 g/mol. The number of nitrogens with two attached hydrogens (primary N) is 1. The molecule has 0 bridgehead atoms. The summed E-state index contributed by atoms with van der Waals surface area (Å²) in [6.45, 7) is 3.27. The Hall–Kier alpha value is -2.24. The van der Waals surface area contributed by atoms with E-state index in [0.717, 1.165) is 6.42 Å². The van der Waals surface area contributed by atoms with E-state index < -0.39 is 0 Å². The number of hydrogen-bond acceptors (Lipinski definition) is 4. The van der Waals surface area contributed by atoms with E-state index in [1.54, 1.807) is 24.3 Å². The average Bonchev–Trinajstić information content (AvgIpc) is 2.45. The van der Waals surface area contributed by atoms with Crippen LogP contribution in [0.15, 0.2) is 24.3 Å². The summed E-state index contributed by atoms with van der Waals surface area (Å²) in [5.74, 6) is 0.456. The molecule has 0 aliphatic rings. The van der Waals surface area contributed by atoms with Gasteiger partial charge in [0.1, 0.15) is 5.75 Å². The minimum atomic E-state index is -0.137. The molecule has 6 heteroatoms. The van der Waals surface area contributed by atoms with Gasteiger partial charge in [0.25, 0.3) is 0 Å². The minimum Gasteiger partial charge on any atom is -0.493 e. The third-order valence-corrected chi connectivity index (χ3v) is 2.70. The van der Waals surface area contributed by atoms with E-state index in [0.29, 0.717) is 30.9 Å². The van der Waals surface area contributed by atoms with Crippen molar-refractivity contribution < 1.29 is 14.3 Å². The van der Waals surface area contributed by atoms with Gasteiger partial charge in [0.2, 0.25) is 11.8 Å². The minimum absolute atomic E-state index is 0.0480. The summed E-state index contributed by atoms with van der Waals surface area (Å²) in [5.41, 5.74) is 6.24. The van der Waals surface area contributed by atoms with Crippen LogP contribution in [0.5, 0.6) is 5.75 Å². The fourth-order valence-corrected chi connectivity index (χ4v) is 1.62. The van der Waals surface area contributed by atoms with Crippen molar-refractivity contribution in [2.45, 2.75) is 26.2 Å².